The molecule has 4 rings (SSSR count). The fourth-order valence-corrected chi connectivity index (χ4v) is 3.68. The van der Waals surface area contributed by atoms with Crippen molar-refractivity contribution < 1.29 is 4.79 Å². The van der Waals surface area contributed by atoms with Gasteiger partial charge in [-0.15, -0.1) is 11.3 Å². The number of hydrogen-bond acceptors (Lipinski definition) is 7. The molecule has 0 bridgehead atoms. The first-order valence-electron chi connectivity index (χ1n) is 7.35. The number of rotatable bonds is 3. The van der Waals surface area contributed by atoms with Crippen molar-refractivity contribution in [3.63, 3.8) is 0 Å². The van der Waals surface area contributed by atoms with Crippen LogP contribution in [0.25, 0.3) is 11.6 Å². The molecule has 0 aromatic carbocycles. The van der Waals surface area contributed by atoms with Gasteiger partial charge in [0.1, 0.15) is 5.69 Å². The summed E-state index contributed by atoms with van der Waals surface area (Å²) in [6.45, 7) is 2.58. The first-order chi connectivity index (χ1) is 11.6. The van der Waals surface area contributed by atoms with Crippen molar-refractivity contribution in [3.05, 3.63) is 56.8 Å². The second kappa shape index (κ2) is 6.01. The van der Waals surface area contributed by atoms with Crippen molar-refractivity contribution in [2.45, 2.75) is 19.5 Å². The van der Waals surface area contributed by atoms with Gasteiger partial charge >= 0.3 is 0 Å². The van der Waals surface area contributed by atoms with Crippen LogP contribution < -0.4 is 5.32 Å². The summed E-state index contributed by atoms with van der Waals surface area (Å²) in [4.78, 5) is 30.9. The molecule has 4 heterocycles. The summed E-state index contributed by atoms with van der Waals surface area (Å²) in [6, 6.07) is 5.17. The molecule has 0 saturated heterocycles. The van der Waals surface area contributed by atoms with E-state index in [1.165, 1.54) is 11.3 Å². The van der Waals surface area contributed by atoms with Crippen LogP contribution in [0, 0.1) is 0 Å². The highest BCUT2D eigenvalue weighted by Crippen LogP contribution is 2.31. The Bertz CT molecular complexity index is 927. The van der Waals surface area contributed by atoms with E-state index in [2.05, 4.69) is 25.3 Å². The van der Waals surface area contributed by atoms with Gasteiger partial charge < -0.3 is 5.32 Å². The molecule has 24 heavy (non-hydrogen) atoms. The van der Waals surface area contributed by atoms with Crippen LogP contribution >= 0.6 is 22.9 Å². The molecule has 8 heteroatoms. The van der Waals surface area contributed by atoms with Gasteiger partial charge in [0.2, 0.25) is 5.78 Å². The van der Waals surface area contributed by atoms with Crippen molar-refractivity contribution in [1.29, 1.82) is 0 Å². The predicted octanol–water partition coefficient (Wildman–Crippen LogP) is 3.04. The summed E-state index contributed by atoms with van der Waals surface area (Å²) in [6.07, 6.45) is 3.25. The molecule has 1 unspecified atom stereocenters. The van der Waals surface area contributed by atoms with E-state index in [0.29, 0.717) is 33.1 Å². The highest BCUT2D eigenvalue weighted by Gasteiger charge is 2.30. The minimum atomic E-state index is -0.154. The maximum Gasteiger partial charge on any atom is 0.221 e. The SMILES string of the molecule is CC1NCc2nc(-c3ncccn3)nc(C(=O)c3ccc(Cl)s3)c21. The second-order valence-corrected chi connectivity index (χ2v) is 7.08. The van der Waals surface area contributed by atoms with E-state index in [9.17, 15) is 4.79 Å². The number of carbonyl (C=O) groups is 1. The Morgan fingerprint density at radius 1 is 1.25 bits per heavy atom. The Kier molecular flexibility index (Phi) is 3.84. The van der Waals surface area contributed by atoms with E-state index < -0.39 is 0 Å². The number of nitrogens with one attached hydrogen (secondary N) is 1. The van der Waals surface area contributed by atoms with Gasteiger partial charge in [-0.2, -0.15) is 0 Å². The van der Waals surface area contributed by atoms with Crippen molar-refractivity contribution in [2.24, 2.45) is 0 Å². The van der Waals surface area contributed by atoms with E-state index in [-0.39, 0.29) is 11.8 Å². The average molecular weight is 358 g/mol. The van der Waals surface area contributed by atoms with Gasteiger partial charge in [-0.05, 0) is 25.1 Å². The zero-order valence-corrected chi connectivity index (χ0v) is 14.2. The third-order valence-corrected chi connectivity index (χ3v) is 5.04. The maximum absolute atomic E-state index is 12.9. The van der Waals surface area contributed by atoms with Gasteiger partial charge in [0.25, 0.3) is 0 Å². The highest BCUT2D eigenvalue weighted by atomic mass is 35.5. The van der Waals surface area contributed by atoms with Crippen molar-refractivity contribution in [1.82, 2.24) is 25.3 Å². The van der Waals surface area contributed by atoms with Crippen molar-refractivity contribution in [2.75, 3.05) is 0 Å². The Morgan fingerprint density at radius 2 is 2.04 bits per heavy atom. The minimum Gasteiger partial charge on any atom is -0.304 e. The quantitative estimate of drug-likeness (QED) is 0.726. The molecule has 3 aromatic heterocycles. The van der Waals surface area contributed by atoms with E-state index in [1.807, 2.05) is 6.92 Å². The lowest BCUT2D eigenvalue weighted by molar-refractivity contribution is 0.103. The first kappa shape index (κ1) is 15.3. The minimum absolute atomic E-state index is 0.0140. The summed E-state index contributed by atoms with van der Waals surface area (Å²) >= 11 is 7.21. The fraction of sp³-hybridized carbons (Fsp3) is 0.188. The molecular formula is C16H12ClN5OS. The van der Waals surface area contributed by atoms with E-state index in [4.69, 9.17) is 11.6 Å². The van der Waals surface area contributed by atoms with Gasteiger partial charge in [0.15, 0.2) is 11.6 Å². The summed E-state index contributed by atoms with van der Waals surface area (Å²) < 4.78 is 0.571. The Balaban J connectivity index is 1.88. The van der Waals surface area contributed by atoms with Crippen LogP contribution in [0.4, 0.5) is 0 Å². The molecule has 0 spiro atoms. The molecule has 0 radical (unpaired) electrons. The zero-order valence-electron chi connectivity index (χ0n) is 12.7. The third-order valence-electron chi connectivity index (χ3n) is 3.81. The summed E-state index contributed by atoms with van der Waals surface area (Å²) in [7, 11) is 0. The second-order valence-electron chi connectivity index (χ2n) is 5.36. The van der Waals surface area contributed by atoms with Gasteiger partial charge in [-0.3, -0.25) is 4.79 Å². The molecule has 1 aliphatic heterocycles. The normalized spacial score (nSPS) is 16.2. The average Bonchev–Trinajstić information content (AvgIpc) is 3.20. The van der Waals surface area contributed by atoms with Crippen LogP contribution in [-0.4, -0.2) is 25.7 Å². The van der Waals surface area contributed by atoms with Crippen LogP contribution in [0.15, 0.2) is 30.6 Å². The van der Waals surface area contributed by atoms with Crippen molar-refractivity contribution in [3.8, 4) is 11.6 Å². The molecule has 1 atom stereocenters. The summed E-state index contributed by atoms with van der Waals surface area (Å²) in [5, 5.41) is 3.30. The van der Waals surface area contributed by atoms with Crippen LogP contribution in [0.1, 0.15) is 39.6 Å². The molecule has 6 nitrogen and oxygen atoms in total. The van der Waals surface area contributed by atoms with Gasteiger partial charge in [-0.1, -0.05) is 11.6 Å². The van der Waals surface area contributed by atoms with Crippen LogP contribution in [0.2, 0.25) is 4.34 Å². The van der Waals surface area contributed by atoms with E-state index in [1.54, 1.807) is 30.6 Å². The largest absolute Gasteiger partial charge is 0.304 e. The number of halogens is 1. The van der Waals surface area contributed by atoms with Gasteiger partial charge in [0, 0.05) is 30.5 Å². The third kappa shape index (κ3) is 2.60. The number of aromatic nitrogens is 4. The molecule has 1 N–H and O–H groups in total. The van der Waals surface area contributed by atoms with E-state index in [0.717, 1.165) is 11.3 Å². The Hall–Kier alpha value is -2.22. The predicted molar refractivity (Wildman–Crippen MR) is 91.1 cm³/mol. The van der Waals surface area contributed by atoms with Crippen molar-refractivity contribution >= 4 is 28.7 Å². The zero-order chi connectivity index (χ0) is 16.7. The van der Waals surface area contributed by atoms with Gasteiger partial charge in [-0.25, -0.2) is 19.9 Å². The number of thiophene rings is 1. The molecule has 0 fully saturated rings. The molecule has 3 aromatic rings. The number of ketones is 1. The molecular weight excluding hydrogens is 346 g/mol. The summed E-state index contributed by atoms with van der Waals surface area (Å²) in [5.41, 5.74) is 2.04. The number of fused-ring (bicyclic) bond motifs is 1. The standard InChI is InChI=1S/C16H12ClN5OS/c1-8-12-9(7-20-8)21-16(15-18-5-2-6-19-15)22-13(12)14(23)10-3-4-11(17)24-10/h2-6,8,20H,7H2,1H3. The number of nitrogens with zero attached hydrogens (tertiary/aromatic N) is 4. The lowest BCUT2D eigenvalue weighted by Crippen LogP contribution is -2.13. The smallest absolute Gasteiger partial charge is 0.221 e. The highest BCUT2D eigenvalue weighted by molar-refractivity contribution is 7.18. The lowest BCUT2D eigenvalue weighted by Gasteiger charge is -2.10. The summed E-state index contributed by atoms with van der Waals surface area (Å²) in [5.74, 6) is 0.604. The fourth-order valence-electron chi connectivity index (χ4n) is 2.70. The van der Waals surface area contributed by atoms with Gasteiger partial charge in [0.05, 0.1) is 14.9 Å². The number of carbonyl (C=O) groups excluding carboxylic acids is 1. The lowest BCUT2D eigenvalue weighted by atomic mass is 10.0. The molecule has 0 amide bonds. The van der Waals surface area contributed by atoms with Crippen LogP contribution in [0.5, 0.6) is 0 Å². The molecule has 0 aliphatic carbocycles. The molecule has 120 valence electrons. The van der Waals surface area contributed by atoms with Crippen LogP contribution in [-0.2, 0) is 6.54 Å². The Morgan fingerprint density at radius 3 is 2.75 bits per heavy atom. The van der Waals surface area contributed by atoms with E-state index >= 15 is 0 Å². The Labute approximate surface area is 147 Å². The van der Waals surface area contributed by atoms with Crippen LogP contribution in [0.3, 0.4) is 0 Å². The monoisotopic (exact) mass is 357 g/mol. The first-order valence-corrected chi connectivity index (χ1v) is 8.54. The number of hydrogen-bond donors (Lipinski definition) is 1. The topological polar surface area (TPSA) is 80.7 Å². The maximum atomic E-state index is 12.9. The molecule has 1 aliphatic rings. The molecule has 0 saturated carbocycles.